The zero-order chi connectivity index (χ0) is 11.7. The van der Waals surface area contributed by atoms with Gasteiger partial charge in [-0.1, -0.05) is 0 Å². The fourth-order valence-corrected chi connectivity index (χ4v) is 3.09. The average molecular weight is 240 g/mol. The molecule has 1 heterocycles. The maximum absolute atomic E-state index is 6.20. The van der Waals surface area contributed by atoms with Crippen molar-refractivity contribution >= 4 is 11.3 Å². The second-order valence-electron chi connectivity index (χ2n) is 4.65. The quantitative estimate of drug-likeness (QED) is 0.857. The summed E-state index contributed by atoms with van der Waals surface area (Å²) in [5.74, 6) is 0.683. The van der Waals surface area contributed by atoms with Crippen LogP contribution in [0.3, 0.4) is 0 Å². The van der Waals surface area contributed by atoms with Gasteiger partial charge in [-0.3, -0.25) is 0 Å². The van der Waals surface area contributed by atoms with Gasteiger partial charge < -0.3 is 10.5 Å². The van der Waals surface area contributed by atoms with Crippen LogP contribution in [-0.2, 0) is 11.2 Å². The first-order chi connectivity index (χ1) is 7.61. The minimum absolute atomic E-state index is 0.0856. The summed E-state index contributed by atoms with van der Waals surface area (Å²) >= 11 is 1.76. The summed E-state index contributed by atoms with van der Waals surface area (Å²) in [5, 5.41) is 1.14. The average Bonchev–Trinajstić information content (AvgIpc) is 2.97. The molecule has 0 spiro atoms. The number of nitrogens with two attached hydrogens (primary N) is 1. The molecular formula is C12H20N2OS. The van der Waals surface area contributed by atoms with Crippen LogP contribution < -0.4 is 5.73 Å². The van der Waals surface area contributed by atoms with E-state index in [0.717, 1.165) is 17.1 Å². The van der Waals surface area contributed by atoms with Crippen molar-refractivity contribution in [2.24, 2.45) is 11.7 Å². The number of thiazole rings is 1. The molecule has 1 aliphatic rings. The normalized spacial score (nSPS) is 19.8. The van der Waals surface area contributed by atoms with Gasteiger partial charge in [-0.05, 0) is 32.6 Å². The van der Waals surface area contributed by atoms with Gasteiger partial charge in [0.1, 0.15) is 0 Å². The van der Waals surface area contributed by atoms with E-state index in [0.29, 0.717) is 5.92 Å². The molecule has 0 saturated heterocycles. The van der Waals surface area contributed by atoms with E-state index >= 15 is 0 Å². The minimum atomic E-state index is 0.0856. The fraction of sp³-hybridized carbons (Fsp3) is 0.750. The molecular weight excluding hydrogens is 220 g/mol. The Morgan fingerprint density at radius 3 is 2.62 bits per heavy atom. The van der Waals surface area contributed by atoms with Crippen molar-refractivity contribution in [3.8, 4) is 0 Å². The summed E-state index contributed by atoms with van der Waals surface area (Å²) in [6.45, 7) is 4.16. The highest BCUT2D eigenvalue weighted by atomic mass is 32.1. The second-order valence-corrected chi connectivity index (χ2v) is 5.94. The van der Waals surface area contributed by atoms with Crippen molar-refractivity contribution in [2.75, 3.05) is 7.11 Å². The number of hydrogen-bond acceptors (Lipinski definition) is 4. The third-order valence-electron chi connectivity index (χ3n) is 3.26. The van der Waals surface area contributed by atoms with Gasteiger partial charge in [0.2, 0.25) is 0 Å². The Morgan fingerprint density at radius 1 is 1.50 bits per heavy atom. The third-order valence-corrected chi connectivity index (χ3v) is 4.36. The Kier molecular flexibility index (Phi) is 3.62. The second kappa shape index (κ2) is 4.82. The monoisotopic (exact) mass is 240 g/mol. The molecule has 16 heavy (non-hydrogen) atoms. The molecule has 1 aliphatic carbocycles. The van der Waals surface area contributed by atoms with Crippen LogP contribution in [0.15, 0.2) is 0 Å². The summed E-state index contributed by atoms with van der Waals surface area (Å²) in [6, 6.07) is 0.0856. The summed E-state index contributed by atoms with van der Waals surface area (Å²) in [5.41, 5.74) is 7.33. The van der Waals surface area contributed by atoms with Crippen molar-refractivity contribution < 1.29 is 4.74 Å². The molecule has 0 bridgehead atoms. The molecule has 2 rings (SSSR count). The van der Waals surface area contributed by atoms with Crippen LogP contribution in [0, 0.1) is 19.8 Å². The van der Waals surface area contributed by atoms with E-state index in [4.69, 9.17) is 10.5 Å². The highest BCUT2D eigenvalue weighted by Gasteiger charge is 2.35. The summed E-state index contributed by atoms with van der Waals surface area (Å²) in [7, 11) is 1.77. The molecule has 2 atom stereocenters. The first-order valence-corrected chi connectivity index (χ1v) is 6.64. The van der Waals surface area contributed by atoms with E-state index in [2.05, 4.69) is 18.8 Å². The lowest BCUT2D eigenvalue weighted by molar-refractivity contribution is 0.0626. The van der Waals surface area contributed by atoms with E-state index < -0.39 is 0 Å². The van der Waals surface area contributed by atoms with Crippen LogP contribution in [0.25, 0.3) is 0 Å². The molecule has 1 aromatic rings. The van der Waals surface area contributed by atoms with Crippen LogP contribution in [0.5, 0.6) is 0 Å². The van der Waals surface area contributed by atoms with Gasteiger partial charge in [-0.25, -0.2) is 4.98 Å². The lowest BCUT2D eigenvalue weighted by Gasteiger charge is -2.21. The molecule has 90 valence electrons. The number of ether oxygens (including phenoxy) is 1. The van der Waals surface area contributed by atoms with Gasteiger partial charge in [0.15, 0.2) is 0 Å². The number of nitrogens with zero attached hydrogens (tertiary/aromatic N) is 1. The SMILES string of the molecule is COC(C(N)Cc1nc(C)c(C)s1)C1CC1. The minimum Gasteiger partial charge on any atom is -0.380 e. The number of rotatable bonds is 5. The Morgan fingerprint density at radius 2 is 2.19 bits per heavy atom. The maximum atomic E-state index is 6.20. The molecule has 2 unspecified atom stereocenters. The first kappa shape index (κ1) is 12.0. The summed E-state index contributed by atoms with van der Waals surface area (Å²) in [4.78, 5) is 5.82. The topological polar surface area (TPSA) is 48.1 Å². The highest BCUT2D eigenvalue weighted by Crippen LogP contribution is 2.36. The van der Waals surface area contributed by atoms with E-state index in [-0.39, 0.29) is 12.1 Å². The number of methoxy groups -OCH3 is 1. The largest absolute Gasteiger partial charge is 0.380 e. The van der Waals surface area contributed by atoms with Gasteiger partial charge in [-0.15, -0.1) is 11.3 Å². The van der Waals surface area contributed by atoms with Crippen molar-refractivity contribution in [1.29, 1.82) is 0 Å². The Balaban J connectivity index is 1.97. The molecule has 1 saturated carbocycles. The van der Waals surface area contributed by atoms with Crippen molar-refractivity contribution in [1.82, 2.24) is 4.98 Å². The van der Waals surface area contributed by atoms with Gasteiger partial charge in [0, 0.05) is 24.4 Å². The number of aryl methyl sites for hydroxylation is 2. The van der Waals surface area contributed by atoms with Crippen molar-refractivity contribution in [2.45, 2.75) is 45.3 Å². The maximum Gasteiger partial charge on any atom is 0.0947 e. The number of aromatic nitrogens is 1. The molecule has 0 aliphatic heterocycles. The lowest BCUT2D eigenvalue weighted by atomic mass is 10.0. The zero-order valence-electron chi connectivity index (χ0n) is 10.2. The standard InChI is InChI=1S/C12H20N2OS/c1-7-8(2)16-11(14-7)6-10(13)12(15-3)9-4-5-9/h9-10,12H,4-6,13H2,1-3H3. The predicted molar refractivity (Wildman–Crippen MR) is 66.8 cm³/mol. The first-order valence-electron chi connectivity index (χ1n) is 5.83. The molecule has 2 N–H and O–H groups in total. The molecule has 3 nitrogen and oxygen atoms in total. The summed E-state index contributed by atoms with van der Waals surface area (Å²) < 4.78 is 5.50. The highest BCUT2D eigenvalue weighted by molar-refractivity contribution is 7.11. The molecule has 0 amide bonds. The Labute approximate surface area is 101 Å². The van der Waals surface area contributed by atoms with Crippen LogP contribution in [-0.4, -0.2) is 24.2 Å². The van der Waals surface area contributed by atoms with Crippen LogP contribution >= 0.6 is 11.3 Å². The van der Waals surface area contributed by atoms with Crippen LogP contribution in [0.1, 0.15) is 28.4 Å². The molecule has 4 heteroatoms. The summed E-state index contributed by atoms with van der Waals surface area (Å²) in [6.07, 6.45) is 3.59. The van der Waals surface area contributed by atoms with E-state index in [1.54, 1.807) is 18.4 Å². The van der Waals surface area contributed by atoms with E-state index in [1.165, 1.54) is 17.7 Å². The molecule has 0 radical (unpaired) electrons. The predicted octanol–water partition coefficient (Wildman–Crippen LogP) is 2.05. The van der Waals surface area contributed by atoms with Crippen LogP contribution in [0.2, 0.25) is 0 Å². The van der Waals surface area contributed by atoms with Gasteiger partial charge in [-0.2, -0.15) is 0 Å². The van der Waals surface area contributed by atoms with E-state index in [1.807, 2.05) is 0 Å². The molecule has 1 fully saturated rings. The van der Waals surface area contributed by atoms with Crippen LogP contribution in [0.4, 0.5) is 0 Å². The van der Waals surface area contributed by atoms with Crippen molar-refractivity contribution in [3.05, 3.63) is 15.6 Å². The molecule has 0 aromatic carbocycles. The van der Waals surface area contributed by atoms with E-state index in [9.17, 15) is 0 Å². The Bertz CT molecular complexity index is 340. The molecule has 1 aromatic heterocycles. The Hall–Kier alpha value is -0.450. The third kappa shape index (κ3) is 2.62. The zero-order valence-corrected chi connectivity index (χ0v) is 11.0. The van der Waals surface area contributed by atoms with Crippen molar-refractivity contribution in [3.63, 3.8) is 0 Å². The number of hydrogen-bond donors (Lipinski definition) is 1. The lowest BCUT2D eigenvalue weighted by Crippen LogP contribution is -2.39. The van der Waals surface area contributed by atoms with Gasteiger partial charge in [0.25, 0.3) is 0 Å². The van der Waals surface area contributed by atoms with Gasteiger partial charge >= 0.3 is 0 Å². The van der Waals surface area contributed by atoms with Gasteiger partial charge in [0.05, 0.1) is 16.8 Å². The smallest absolute Gasteiger partial charge is 0.0947 e. The fourth-order valence-electron chi connectivity index (χ4n) is 2.09.